The van der Waals surface area contributed by atoms with Crippen molar-refractivity contribution in [3.63, 3.8) is 0 Å². The zero-order chi connectivity index (χ0) is 7.78. The van der Waals surface area contributed by atoms with Crippen LogP contribution in [0.5, 0.6) is 0 Å². The Bertz CT molecular complexity index is 189. The van der Waals surface area contributed by atoms with Crippen LogP contribution in [0.15, 0.2) is 41.6 Å². The molecule has 0 aromatic carbocycles. The molecule has 1 aromatic rings. The minimum Gasteiger partial charge on any atom is -0.391 e. The summed E-state index contributed by atoms with van der Waals surface area (Å²) in [6, 6.07) is 0. The van der Waals surface area contributed by atoms with Gasteiger partial charge in [0.25, 0.3) is 0 Å². The zero-order valence-electron chi connectivity index (χ0n) is 5.68. The Hall–Kier alpha value is -1.78. The van der Waals surface area contributed by atoms with Crippen LogP contribution < -0.4 is 5.48 Å². The molecule has 1 aromatic heterocycles. The summed E-state index contributed by atoms with van der Waals surface area (Å²) >= 11 is 0. The largest absolute Gasteiger partial charge is 0.391 e. The third kappa shape index (κ3) is 3.74. The van der Waals surface area contributed by atoms with E-state index in [1.54, 1.807) is 18.5 Å². The average Bonchev–Trinajstić information content (AvgIpc) is 2.64. The highest BCUT2D eigenvalue weighted by molar-refractivity contribution is 5.00. The summed E-state index contributed by atoms with van der Waals surface area (Å²) in [5.41, 5.74) is 2.52. The number of allylic oxidation sites excluding steroid dienone is 2. The lowest BCUT2D eigenvalue weighted by Gasteiger charge is -1.97. The van der Waals surface area contributed by atoms with Gasteiger partial charge in [-0.2, -0.15) is 0 Å². The number of aromatic nitrogens is 2. The van der Waals surface area contributed by atoms with Crippen LogP contribution >= 0.6 is 0 Å². The van der Waals surface area contributed by atoms with Crippen molar-refractivity contribution in [2.45, 2.75) is 0 Å². The summed E-state index contributed by atoms with van der Waals surface area (Å²) in [6.45, 7) is 0. The second-order valence-electron chi connectivity index (χ2n) is 1.51. The van der Waals surface area contributed by atoms with Crippen LogP contribution in [0.25, 0.3) is 0 Å². The van der Waals surface area contributed by atoms with E-state index >= 15 is 0 Å². The molecule has 11 heavy (non-hydrogen) atoms. The maximum atomic E-state index is 4.55. The van der Waals surface area contributed by atoms with Gasteiger partial charge in [-0.3, -0.25) is 0 Å². The summed E-state index contributed by atoms with van der Waals surface area (Å²) in [4.78, 5) is 4.55. The van der Waals surface area contributed by atoms with Crippen LogP contribution in [0.4, 0.5) is 0 Å². The molecule has 1 aliphatic heterocycles. The van der Waals surface area contributed by atoms with Gasteiger partial charge in [-0.25, -0.2) is 5.48 Å². The van der Waals surface area contributed by atoms with Gasteiger partial charge in [0, 0.05) is 11.5 Å². The molecule has 0 spiro atoms. The molecule has 0 bridgehead atoms. The Balaban J connectivity index is 0.000000112. The molecule has 0 amide bonds. The standard InChI is InChI=1S/C4H5NO.C2H2N2O/c1-2-4-6-5-3-1;1-2-5-4-3-1/h1-5H;1-2H. The number of rotatable bonds is 0. The molecule has 1 aliphatic rings. The molecule has 2 rings (SSSR count). The molecule has 5 nitrogen and oxygen atoms in total. The minimum absolute atomic E-state index is 1.40. The van der Waals surface area contributed by atoms with E-state index in [0.29, 0.717) is 0 Å². The lowest BCUT2D eigenvalue weighted by Crippen LogP contribution is -2.01. The molecule has 0 unspecified atom stereocenters. The molecule has 0 saturated heterocycles. The van der Waals surface area contributed by atoms with E-state index in [2.05, 4.69) is 25.2 Å². The minimum atomic E-state index is 1.40. The molecule has 0 aliphatic carbocycles. The third-order valence-corrected chi connectivity index (χ3v) is 0.773. The van der Waals surface area contributed by atoms with Crippen LogP contribution in [0.2, 0.25) is 0 Å². The fourth-order valence-corrected chi connectivity index (χ4v) is 0.394. The Morgan fingerprint density at radius 3 is 2.45 bits per heavy atom. The van der Waals surface area contributed by atoms with Crippen molar-refractivity contribution in [3.8, 4) is 0 Å². The topological polar surface area (TPSA) is 60.2 Å². The molecule has 2 heterocycles. The van der Waals surface area contributed by atoms with Gasteiger partial charge in [-0.1, -0.05) is 0 Å². The Kier molecular flexibility index (Phi) is 3.36. The average molecular weight is 153 g/mol. The SMILES string of the molecule is C1=CNOC=C1.c1conn1. The van der Waals surface area contributed by atoms with Gasteiger partial charge in [-0.15, -0.1) is 5.10 Å². The van der Waals surface area contributed by atoms with Crippen LogP contribution in [-0.2, 0) is 4.84 Å². The first-order valence-electron chi connectivity index (χ1n) is 2.94. The van der Waals surface area contributed by atoms with Crippen molar-refractivity contribution < 1.29 is 9.36 Å². The maximum absolute atomic E-state index is 4.55. The fraction of sp³-hybridized carbons (Fsp3) is 0. The second kappa shape index (κ2) is 5.04. The first-order chi connectivity index (χ1) is 5.50. The normalized spacial score (nSPS) is 12.4. The predicted molar refractivity (Wildman–Crippen MR) is 36.8 cm³/mol. The highest BCUT2D eigenvalue weighted by Crippen LogP contribution is 1.80. The lowest BCUT2D eigenvalue weighted by atomic mass is 10.6. The molecule has 1 N–H and O–H groups in total. The van der Waals surface area contributed by atoms with E-state index in [4.69, 9.17) is 0 Å². The molecular weight excluding hydrogens is 146 g/mol. The predicted octanol–water partition coefficient (Wildman–Crippen LogP) is 0.618. The molecule has 0 atom stereocenters. The Labute approximate surface area is 63.3 Å². The van der Waals surface area contributed by atoms with Crippen LogP contribution in [0, 0.1) is 0 Å². The van der Waals surface area contributed by atoms with Crippen molar-refractivity contribution in [1.29, 1.82) is 0 Å². The van der Waals surface area contributed by atoms with Gasteiger partial charge in [0.2, 0.25) is 0 Å². The monoisotopic (exact) mass is 153 g/mol. The van der Waals surface area contributed by atoms with Crippen molar-refractivity contribution in [1.82, 2.24) is 15.9 Å². The lowest BCUT2D eigenvalue weighted by molar-refractivity contribution is 0.172. The van der Waals surface area contributed by atoms with E-state index in [0.717, 1.165) is 0 Å². The van der Waals surface area contributed by atoms with Crippen molar-refractivity contribution >= 4 is 0 Å². The zero-order valence-corrected chi connectivity index (χ0v) is 5.68. The van der Waals surface area contributed by atoms with E-state index < -0.39 is 0 Å². The van der Waals surface area contributed by atoms with Crippen LogP contribution in [0.3, 0.4) is 0 Å². The van der Waals surface area contributed by atoms with E-state index in [1.165, 1.54) is 12.5 Å². The molecule has 0 fully saturated rings. The quantitative estimate of drug-likeness (QED) is 0.592. The summed E-state index contributed by atoms with van der Waals surface area (Å²) in [6.07, 6.45) is 9.81. The molecule has 0 saturated carbocycles. The van der Waals surface area contributed by atoms with Gasteiger partial charge in [0.15, 0.2) is 0 Å². The fourth-order valence-electron chi connectivity index (χ4n) is 0.394. The maximum Gasteiger partial charge on any atom is 0.144 e. The number of nitrogens with zero attached hydrogens (tertiary/aromatic N) is 2. The molecular formula is C6H7N3O2. The summed E-state index contributed by atoms with van der Waals surface area (Å²) < 4.78 is 4.22. The summed E-state index contributed by atoms with van der Waals surface area (Å²) in [7, 11) is 0. The van der Waals surface area contributed by atoms with E-state index in [-0.39, 0.29) is 0 Å². The van der Waals surface area contributed by atoms with Crippen molar-refractivity contribution in [3.05, 3.63) is 37.1 Å². The first kappa shape index (κ1) is 7.33. The number of hydroxylamine groups is 1. The van der Waals surface area contributed by atoms with Crippen LogP contribution in [-0.4, -0.2) is 10.4 Å². The summed E-state index contributed by atoms with van der Waals surface area (Å²) in [5.74, 6) is 0. The van der Waals surface area contributed by atoms with Crippen LogP contribution in [0.1, 0.15) is 0 Å². The number of hydrogen-bond acceptors (Lipinski definition) is 5. The van der Waals surface area contributed by atoms with Gasteiger partial charge in [0.1, 0.15) is 12.5 Å². The van der Waals surface area contributed by atoms with E-state index in [1.807, 2.05) is 6.08 Å². The Morgan fingerprint density at radius 2 is 2.27 bits per heavy atom. The Morgan fingerprint density at radius 1 is 1.27 bits per heavy atom. The number of nitrogens with one attached hydrogen (secondary N) is 1. The van der Waals surface area contributed by atoms with E-state index in [9.17, 15) is 0 Å². The first-order valence-corrected chi connectivity index (χ1v) is 2.94. The second-order valence-corrected chi connectivity index (χ2v) is 1.51. The molecule has 0 radical (unpaired) electrons. The molecule has 5 heteroatoms. The highest BCUT2D eigenvalue weighted by atomic mass is 16.6. The van der Waals surface area contributed by atoms with Gasteiger partial charge < -0.3 is 9.36 Å². The summed E-state index contributed by atoms with van der Waals surface area (Å²) in [5, 5.41) is 6.40. The van der Waals surface area contributed by atoms with Gasteiger partial charge in [-0.05, 0) is 12.2 Å². The van der Waals surface area contributed by atoms with Crippen molar-refractivity contribution in [2.75, 3.05) is 0 Å². The van der Waals surface area contributed by atoms with Gasteiger partial charge >= 0.3 is 0 Å². The van der Waals surface area contributed by atoms with Gasteiger partial charge in [0.05, 0.1) is 6.20 Å². The number of hydrogen-bond donors (Lipinski definition) is 1. The molecule has 58 valence electrons. The highest BCUT2D eigenvalue weighted by Gasteiger charge is 1.72. The van der Waals surface area contributed by atoms with Crippen molar-refractivity contribution in [2.24, 2.45) is 0 Å². The third-order valence-electron chi connectivity index (χ3n) is 0.773. The smallest absolute Gasteiger partial charge is 0.144 e.